The fourth-order valence-corrected chi connectivity index (χ4v) is 3.76. The lowest BCUT2D eigenvalue weighted by molar-refractivity contribution is -0.123. The molecular formula is C21H32N4O5. The van der Waals surface area contributed by atoms with Crippen molar-refractivity contribution in [1.29, 1.82) is 0 Å². The van der Waals surface area contributed by atoms with Gasteiger partial charge in [-0.25, -0.2) is 4.79 Å². The number of anilines is 1. The molecule has 9 nitrogen and oxygen atoms in total. The van der Waals surface area contributed by atoms with Crippen LogP contribution in [0.2, 0.25) is 0 Å². The van der Waals surface area contributed by atoms with Crippen molar-refractivity contribution in [3.63, 3.8) is 0 Å². The van der Waals surface area contributed by atoms with Crippen molar-refractivity contribution in [2.45, 2.75) is 37.5 Å². The zero-order chi connectivity index (χ0) is 21.2. The highest BCUT2D eigenvalue weighted by molar-refractivity contribution is 5.89. The zero-order valence-corrected chi connectivity index (χ0v) is 17.2. The van der Waals surface area contributed by atoms with Gasteiger partial charge in [0, 0.05) is 25.3 Å². The first-order valence-electron chi connectivity index (χ1n) is 10.6. The molecule has 0 radical (unpaired) electrons. The molecule has 166 valence electrons. The summed E-state index contributed by atoms with van der Waals surface area (Å²) in [5.41, 5.74) is 0.706. The van der Waals surface area contributed by atoms with Gasteiger partial charge >= 0.3 is 6.03 Å². The van der Waals surface area contributed by atoms with Gasteiger partial charge in [-0.2, -0.15) is 0 Å². The van der Waals surface area contributed by atoms with Crippen molar-refractivity contribution in [1.82, 2.24) is 15.5 Å². The van der Waals surface area contributed by atoms with Crippen LogP contribution in [0, 0.1) is 0 Å². The van der Waals surface area contributed by atoms with Crippen LogP contribution in [0.3, 0.4) is 0 Å². The number of para-hydroxylation sites is 1. The molecule has 0 aliphatic carbocycles. The number of aliphatic hydroxyl groups excluding tert-OH is 1. The van der Waals surface area contributed by atoms with Crippen LogP contribution in [0.25, 0.3) is 0 Å². The van der Waals surface area contributed by atoms with Gasteiger partial charge in [0.25, 0.3) is 0 Å². The second-order valence-corrected chi connectivity index (χ2v) is 7.65. The van der Waals surface area contributed by atoms with Crippen molar-refractivity contribution in [2.24, 2.45) is 0 Å². The molecule has 0 aromatic heterocycles. The molecule has 0 unspecified atom stereocenters. The Labute approximate surface area is 177 Å². The lowest BCUT2D eigenvalue weighted by Crippen LogP contribution is -2.52. The normalized spacial score (nSPS) is 24.8. The van der Waals surface area contributed by atoms with E-state index < -0.39 is 6.10 Å². The van der Waals surface area contributed by atoms with E-state index in [1.807, 2.05) is 30.3 Å². The number of nitrogens with zero attached hydrogens (tertiary/aromatic N) is 1. The van der Waals surface area contributed by atoms with Gasteiger partial charge in [0.1, 0.15) is 6.10 Å². The molecule has 3 rings (SSSR count). The van der Waals surface area contributed by atoms with Crippen LogP contribution in [0.4, 0.5) is 10.5 Å². The SMILES string of the molecule is O=C(CN1CCOCC1)NCC[C@@H]1CC[C@@H](NC(=O)Nc2ccccc2)[C@H](CO)O1. The van der Waals surface area contributed by atoms with E-state index in [2.05, 4.69) is 20.9 Å². The molecule has 2 fully saturated rings. The second kappa shape index (κ2) is 11.8. The standard InChI is InChI=1S/C21H32N4O5/c26-15-19-18(24-21(28)23-16-4-2-1-3-5-16)7-6-17(30-19)8-9-22-20(27)14-25-10-12-29-13-11-25/h1-5,17-19,26H,6-15H2,(H,22,27)(H2,23,24,28)/t17-,18+,19-/m0/s1. The summed E-state index contributed by atoms with van der Waals surface area (Å²) in [6.45, 7) is 3.65. The Balaban J connectivity index is 1.35. The van der Waals surface area contributed by atoms with Crippen LogP contribution in [0.15, 0.2) is 30.3 Å². The maximum absolute atomic E-state index is 12.2. The fraction of sp³-hybridized carbons (Fsp3) is 0.619. The molecule has 3 amide bonds. The Kier molecular flexibility index (Phi) is 8.88. The summed E-state index contributed by atoms with van der Waals surface area (Å²) >= 11 is 0. The fourth-order valence-electron chi connectivity index (χ4n) is 3.76. The number of ether oxygens (including phenoxy) is 2. The Morgan fingerprint density at radius 1 is 1.13 bits per heavy atom. The number of carbonyl (C=O) groups is 2. The Morgan fingerprint density at radius 2 is 1.90 bits per heavy atom. The molecule has 0 bridgehead atoms. The van der Waals surface area contributed by atoms with Crippen LogP contribution in [-0.2, 0) is 14.3 Å². The third-order valence-corrected chi connectivity index (χ3v) is 5.40. The summed E-state index contributed by atoms with van der Waals surface area (Å²) in [5, 5.41) is 18.3. The highest BCUT2D eigenvalue weighted by Gasteiger charge is 2.31. The van der Waals surface area contributed by atoms with E-state index in [1.54, 1.807) is 0 Å². The molecule has 0 saturated carbocycles. The smallest absolute Gasteiger partial charge is 0.319 e. The summed E-state index contributed by atoms with van der Waals surface area (Å²) in [4.78, 5) is 26.4. The van der Waals surface area contributed by atoms with Gasteiger partial charge in [0.2, 0.25) is 5.91 Å². The number of amides is 3. The molecule has 2 aliphatic heterocycles. The quantitative estimate of drug-likeness (QED) is 0.489. The van der Waals surface area contributed by atoms with Gasteiger partial charge in [-0.3, -0.25) is 9.69 Å². The molecule has 1 aromatic rings. The number of hydrogen-bond acceptors (Lipinski definition) is 6. The number of benzene rings is 1. The van der Waals surface area contributed by atoms with E-state index in [4.69, 9.17) is 9.47 Å². The van der Waals surface area contributed by atoms with E-state index in [-0.39, 0.29) is 30.7 Å². The molecular weight excluding hydrogens is 388 g/mol. The maximum atomic E-state index is 12.2. The summed E-state index contributed by atoms with van der Waals surface area (Å²) in [5.74, 6) is 0.00328. The van der Waals surface area contributed by atoms with E-state index in [1.165, 1.54) is 0 Å². The lowest BCUT2D eigenvalue weighted by atomic mass is 9.97. The number of urea groups is 1. The molecule has 30 heavy (non-hydrogen) atoms. The summed E-state index contributed by atoms with van der Waals surface area (Å²) < 4.78 is 11.2. The lowest BCUT2D eigenvalue weighted by Gasteiger charge is -2.36. The summed E-state index contributed by atoms with van der Waals surface area (Å²) in [6, 6.07) is 8.62. The molecule has 1 aromatic carbocycles. The first-order valence-corrected chi connectivity index (χ1v) is 10.6. The predicted octanol–water partition coefficient (Wildman–Crippen LogP) is 0.555. The number of aliphatic hydroxyl groups is 1. The van der Waals surface area contributed by atoms with E-state index >= 15 is 0 Å². The Morgan fingerprint density at radius 3 is 2.63 bits per heavy atom. The van der Waals surface area contributed by atoms with Crippen molar-refractivity contribution < 1.29 is 24.2 Å². The van der Waals surface area contributed by atoms with Gasteiger partial charge < -0.3 is 30.5 Å². The summed E-state index contributed by atoms with van der Waals surface area (Å²) in [6.07, 6.45) is 1.62. The summed E-state index contributed by atoms with van der Waals surface area (Å²) in [7, 11) is 0. The van der Waals surface area contributed by atoms with Gasteiger partial charge in [-0.15, -0.1) is 0 Å². The van der Waals surface area contributed by atoms with E-state index in [0.29, 0.717) is 44.8 Å². The monoisotopic (exact) mass is 420 g/mol. The van der Waals surface area contributed by atoms with Gasteiger partial charge in [-0.1, -0.05) is 18.2 Å². The Hall–Kier alpha value is -2.20. The van der Waals surface area contributed by atoms with Crippen LogP contribution in [0.5, 0.6) is 0 Å². The zero-order valence-electron chi connectivity index (χ0n) is 17.2. The molecule has 2 saturated heterocycles. The largest absolute Gasteiger partial charge is 0.394 e. The Bertz CT molecular complexity index is 669. The van der Waals surface area contributed by atoms with Crippen molar-refractivity contribution >= 4 is 17.6 Å². The minimum atomic E-state index is -0.464. The van der Waals surface area contributed by atoms with Crippen LogP contribution < -0.4 is 16.0 Å². The first kappa shape index (κ1) is 22.5. The third kappa shape index (κ3) is 7.24. The van der Waals surface area contributed by atoms with Crippen LogP contribution >= 0.6 is 0 Å². The van der Waals surface area contributed by atoms with E-state index in [9.17, 15) is 14.7 Å². The van der Waals surface area contributed by atoms with E-state index in [0.717, 1.165) is 19.5 Å². The van der Waals surface area contributed by atoms with Gasteiger partial charge in [0.05, 0.1) is 38.5 Å². The number of hydrogen-bond donors (Lipinski definition) is 4. The molecule has 2 heterocycles. The minimum absolute atomic E-state index is 0.00328. The molecule has 3 atom stereocenters. The number of rotatable bonds is 8. The number of morpholine rings is 1. The third-order valence-electron chi connectivity index (χ3n) is 5.40. The number of nitrogens with one attached hydrogen (secondary N) is 3. The number of carbonyl (C=O) groups excluding carboxylic acids is 2. The van der Waals surface area contributed by atoms with Crippen molar-refractivity contribution in [2.75, 3.05) is 51.3 Å². The maximum Gasteiger partial charge on any atom is 0.319 e. The highest BCUT2D eigenvalue weighted by atomic mass is 16.5. The average Bonchev–Trinajstić information content (AvgIpc) is 2.76. The van der Waals surface area contributed by atoms with Crippen LogP contribution in [0.1, 0.15) is 19.3 Å². The first-order chi connectivity index (χ1) is 14.6. The molecule has 9 heteroatoms. The van der Waals surface area contributed by atoms with Crippen molar-refractivity contribution in [3.8, 4) is 0 Å². The van der Waals surface area contributed by atoms with Crippen molar-refractivity contribution in [3.05, 3.63) is 30.3 Å². The minimum Gasteiger partial charge on any atom is -0.394 e. The second-order valence-electron chi connectivity index (χ2n) is 7.65. The molecule has 0 spiro atoms. The van der Waals surface area contributed by atoms with Crippen LogP contribution in [-0.4, -0.2) is 86.2 Å². The predicted molar refractivity (Wildman–Crippen MR) is 112 cm³/mol. The molecule has 4 N–H and O–H groups in total. The topological polar surface area (TPSA) is 112 Å². The molecule has 2 aliphatic rings. The average molecular weight is 421 g/mol. The van der Waals surface area contributed by atoms with Gasteiger partial charge in [0.15, 0.2) is 0 Å². The highest BCUT2D eigenvalue weighted by Crippen LogP contribution is 2.22. The van der Waals surface area contributed by atoms with Gasteiger partial charge in [-0.05, 0) is 31.4 Å².